The van der Waals surface area contributed by atoms with Crippen molar-refractivity contribution in [2.45, 2.75) is 20.3 Å². The third kappa shape index (κ3) is 6.36. The number of carboxylic acid groups (broad SMARTS) is 1. The van der Waals surface area contributed by atoms with Gasteiger partial charge in [0.15, 0.2) is 18.1 Å². The number of rotatable bonds is 9. The molecule has 0 heterocycles. The number of hydrogen-bond acceptors (Lipinski definition) is 5. The first-order valence-electron chi connectivity index (χ1n) is 9.20. The summed E-state index contributed by atoms with van der Waals surface area (Å²) in [5.74, 6) is -1.13. The Labute approximate surface area is 183 Å². The molecule has 0 saturated carbocycles. The van der Waals surface area contributed by atoms with E-state index < -0.39 is 18.5 Å². The Morgan fingerprint density at radius 1 is 1.20 bits per heavy atom. The third-order valence-corrected chi connectivity index (χ3v) is 4.56. The minimum absolute atomic E-state index is 0.0943. The van der Waals surface area contributed by atoms with Gasteiger partial charge in [-0.05, 0) is 70.7 Å². The van der Waals surface area contributed by atoms with Crippen molar-refractivity contribution in [2.24, 2.45) is 0 Å². The van der Waals surface area contributed by atoms with Crippen molar-refractivity contribution in [3.63, 3.8) is 0 Å². The fourth-order valence-corrected chi connectivity index (χ4v) is 3.12. The predicted molar refractivity (Wildman–Crippen MR) is 116 cm³/mol. The molecule has 7 nitrogen and oxygen atoms in total. The zero-order chi connectivity index (χ0) is 22.1. The Bertz CT molecular complexity index is 994. The van der Waals surface area contributed by atoms with E-state index in [9.17, 15) is 14.9 Å². The summed E-state index contributed by atoms with van der Waals surface area (Å²) in [6.45, 7) is 3.60. The first-order valence-corrected chi connectivity index (χ1v) is 10.00. The lowest BCUT2D eigenvalue weighted by Gasteiger charge is -2.13. The number of benzene rings is 2. The topological polar surface area (TPSA) is 109 Å². The first kappa shape index (κ1) is 23.0. The summed E-state index contributed by atoms with van der Waals surface area (Å²) in [7, 11) is 0. The van der Waals surface area contributed by atoms with E-state index in [0.29, 0.717) is 28.1 Å². The number of nitriles is 1. The lowest BCUT2D eigenvalue weighted by Crippen LogP contribution is -2.13. The van der Waals surface area contributed by atoms with Crippen LogP contribution in [0.25, 0.3) is 6.08 Å². The molecule has 0 aromatic heterocycles. The van der Waals surface area contributed by atoms with Crippen LogP contribution in [0.3, 0.4) is 0 Å². The molecule has 0 aliphatic heterocycles. The average molecular weight is 473 g/mol. The first-order chi connectivity index (χ1) is 14.4. The van der Waals surface area contributed by atoms with E-state index in [4.69, 9.17) is 14.6 Å². The molecule has 2 N–H and O–H groups in total. The van der Waals surface area contributed by atoms with Gasteiger partial charge >= 0.3 is 5.97 Å². The van der Waals surface area contributed by atoms with Crippen LogP contribution in [0.15, 0.2) is 46.4 Å². The van der Waals surface area contributed by atoms with E-state index in [2.05, 4.69) is 21.2 Å². The molecule has 0 spiro atoms. The van der Waals surface area contributed by atoms with E-state index in [1.807, 2.05) is 25.1 Å². The number of halogens is 1. The second kappa shape index (κ2) is 11.0. The zero-order valence-corrected chi connectivity index (χ0v) is 18.2. The van der Waals surface area contributed by atoms with Gasteiger partial charge in [-0.2, -0.15) is 5.26 Å². The van der Waals surface area contributed by atoms with Crippen molar-refractivity contribution in [3.8, 4) is 17.6 Å². The van der Waals surface area contributed by atoms with Crippen LogP contribution in [0.4, 0.5) is 5.69 Å². The predicted octanol–water partition coefficient (Wildman–Crippen LogP) is 4.42. The highest BCUT2D eigenvalue weighted by Crippen LogP contribution is 2.37. The van der Waals surface area contributed by atoms with Gasteiger partial charge in [0.1, 0.15) is 11.6 Å². The Morgan fingerprint density at radius 2 is 1.90 bits per heavy atom. The smallest absolute Gasteiger partial charge is 0.341 e. The SMILES string of the molecule is CCOc1cc(/C=C(\C#N)C(=O)Nc2ccc(CC)cc2)cc(Br)c1OCC(=O)O. The largest absolute Gasteiger partial charge is 0.490 e. The highest BCUT2D eigenvalue weighted by atomic mass is 79.9. The second-order valence-electron chi connectivity index (χ2n) is 6.12. The van der Waals surface area contributed by atoms with Crippen LogP contribution in [-0.4, -0.2) is 30.2 Å². The summed E-state index contributed by atoms with van der Waals surface area (Å²) in [6.07, 6.45) is 2.31. The van der Waals surface area contributed by atoms with Crippen LogP contribution in [0.5, 0.6) is 11.5 Å². The molecular formula is C22H21BrN2O5. The number of carbonyl (C=O) groups is 2. The summed E-state index contributed by atoms with van der Waals surface area (Å²) in [4.78, 5) is 23.3. The second-order valence-corrected chi connectivity index (χ2v) is 6.97. The number of nitrogens with zero attached hydrogens (tertiary/aromatic N) is 1. The van der Waals surface area contributed by atoms with E-state index in [1.54, 1.807) is 31.2 Å². The van der Waals surface area contributed by atoms with Crippen molar-refractivity contribution in [1.82, 2.24) is 0 Å². The van der Waals surface area contributed by atoms with E-state index >= 15 is 0 Å². The molecule has 156 valence electrons. The monoisotopic (exact) mass is 472 g/mol. The van der Waals surface area contributed by atoms with Crippen LogP contribution >= 0.6 is 15.9 Å². The highest BCUT2D eigenvalue weighted by molar-refractivity contribution is 9.10. The average Bonchev–Trinajstić information content (AvgIpc) is 2.72. The van der Waals surface area contributed by atoms with Gasteiger partial charge in [-0.25, -0.2) is 4.79 Å². The maximum Gasteiger partial charge on any atom is 0.341 e. The van der Waals surface area contributed by atoms with Crippen LogP contribution in [0.2, 0.25) is 0 Å². The number of amides is 1. The number of ether oxygens (including phenoxy) is 2. The molecule has 2 aromatic carbocycles. The molecule has 0 radical (unpaired) electrons. The maximum atomic E-state index is 12.5. The van der Waals surface area contributed by atoms with Crippen LogP contribution in [-0.2, 0) is 16.0 Å². The van der Waals surface area contributed by atoms with Crippen LogP contribution in [0.1, 0.15) is 25.0 Å². The maximum absolute atomic E-state index is 12.5. The molecule has 0 fully saturated rings. The standard InChI is InChI=1S/C22H21BrN2O5/c1-3-14-5-7-17(8-6-14)25-22(28)16(12-24)9-15-10-18(23)21(30-13-20(26)27)19(11-15)29-4-2/h5-11H,3-4,13H2,1-2H3,(H,25,28)(H,26,27)/b16-9+. The van der Waals surface area contributed by atoms with E-state index in [0.717, 1.165) is 12.0 Å². The third-order valence-electron chi connectivity index (χ3n) is 3.97. The lowest BCUT2D eigenvalue weighted by molar-refractivity contribution is -0.139. The fourth-order valence-electron chi connectivity index (χ4n) is 2.55. The van der Waals surface area contributed by atoms with Gasteiger partial charge in [0, 0.05) is 5.69 Å². The highest BCUT2D eigenvalue weighted by Gasteiger charge is 2.15. The van der Waals surface area contributed by atoms with Gasteiger partial charge in [-0.15, -0.1) is 0 Å². The van der Waals surface area contributed by atoms with Gasteiger partial charge in [0.05, 0.1) is 11.1 Å². The Morgan fingerprint density at radius 3 is 2.47 bits per heavy atom. The van der Waals surface area contributed by atoms with E-state index in [1.165, 1.54) is 6.08 Å². The molecule has 1 amide bonds. The number of aryl methyl sites for hydroxylation is 1. The van der Waals surface area contributed by atoms with Gasteiger partial charge in [-0.1, -0.05) is 19.1 Å². The van der Waals surface area contributed by atoms with Crippen molar-refractivity contribution in [2.75, 3.05) is 18.5 Å². The summed E-state index contributed by atoms with van der Waals surface area (Å²) in [5.41, 5.74) is 2.15. The Hall–Kier alpha value is -3.31. The van der Waals surface area contributed by atoms with Gasteiger partial charge in [0.2, 0.25) is 0 Å². The number of carbonyl (C=O) groups excluding carboxylic acids is 1. The molecule has 30 heavy (non-hydrogen) atoms. The molecule has 0 aliphatic carbocycles. The normalized spacial score (nSPS) is 10.8. The van der Waals surface area contributed by atoms with E-state index in [-0.39, 0.29) is 11.3 Å². The minimum Gasteiger partial charge on any atom is -0.490 e. The number of anilines is 1. The lowest BCUT2D eigenvalue weighted by atomic mass is 10.1. The molecular weight excluding hydrogens is 452 g/mol. The number of carboxylic acids is 1. The summed E-state index contributed by atoms with van der Waals surface area (Å²) < 4.78 is 11.2. The number of hydrogen-bond donors (Lipinski definition) is 2. The summed E-state index contributed by atoms with van der Waals surface area (Å²) >= 11 is 3.32. The minimum atomic E-state index is -1.12. The molecule has 0 unspecified atom stereocenters. The molecule has 8 heteroatoms. The van der Waals surface area contributed by atoms with Crippen LogP contribution in [0, 0.1) is 11.3 Å². The molecule has 2 aromatic rings. The zero-order valence-electron chi connectivity index (χ0n) is 16.6. The van der Waals surface area contributed by atoms with Crippen molar-refractivity contribution in [3.05, 3.63) is 57.6 Å². The molecule has 2 rings (SSSR count). The van der Waals surface area contributed by atoms with Gasteiger partial charge in [0.25, 0.3) is 5.91 Å². The Kier molecular flexibility index (Phi) is 8.44. The molecule has 0 aliphatic rings. The Balaban J connectivity index is 2.29. The molecule has 0 saturated heterocycles. The van der Waals surface area contributed by atoms with Gasteiger partial charge in [-0.3, -0.25) is 4.79 Å². The van der Waals surface area contributed by atoms with Gasteiger partial charge < -0.3 is 19.9 Å². The van der Waals surface area contributed by atoms with Crippen molar-refractivity contribution < 1.29 is 24.2 Å². The fraction of sp³-hybridized carbons (Fsp3) is 0.227. The number of aliphatic carboxylic acids is 1. The summed E-state index contributed by atoms with van der Waals surface area (Å²) in [5, 5.41) is 21.0. The van der Waals surface area contributed by atoms with Crippen molar-refractivity contribution in [1.29, 1.82) is 5.26 Å². The molecule has 0 bridgehead atoms. The quantitative estimate of drug-likeness (QED) is 0.412. The summed E-state index contributed by atoms with van der Waals surface area (Å²) in [6, 6.07) is 12.5. The molecule has 0 atom stereocenters. The number of nitrogens with one attached hydrogen (secondary N) is 1. The van der Waals surface area contributed by atoms with Crippen LogP contribution < -0.4 is 14.8 Å². The van der Waals surface area contributed by atoms with Crippen molar-refractivity contribution >= 4 is 39.6 Å².